The molecular formula is C16H13BrN4. The number of nitriles is 1. The molecule has 21 heavy (non-hydrogen) atoms. The van der Waals surface area contributed by atoms with Gasteiger partial charge in [-0.2, -0.15) is 5.26 Å². The van der Waals surface area contributed by atoms with Crippen molar-refractivity contribution in [1.82, 2.24) is 9.55 Å². The molecule has 0 aliphatic heterocycles. The fraction of sp³-hybridized carbons (Fsp3) is 0.125. The zero-order valence-electron chi connectivity index (χ0n) is 11.3. The highest BCUT2D eigenvalue weighted by Crippen LogP contribution is 2.26. The fourth-order valence-corrected chi connectivity index (χ4v) is 2.88. The van der Waals surface area contributed by atoms with Crippen LogP contribution in [0.5, 0.6) is 0 Å². The summed E-state index contributed by atoms with van der Waals surface area (Å²) < 4.78 is 3.01. The van der Waals surface area contributed by atoms with Crippen molar-refractivity contribution in [3.8, 4) is 11.8 Å². The summed E-state index contributed by atoms with van der Waals surface area (Å²) in [5, 5.41) is 9.05. The second-order valence-corrected chi connectivity index (χ2v) is 5.58. The molecule has 0 spiro atoms. The number of nitrogens with zero attached hydrogens (tertiary/aromatic N) is 3. The summed E-state index contributed by atoms with van der Waals surface area (Å²) in [6.07, 6.45) is 0.259. The normalized spacial score (nSPS) is 10.7. The van der Waals surface area contributed by atoms with Crippen LogP contribution in [0.1, 0.15) is 11.4 Å². The first kappa shape index (κ1) is 13.8. The zero-order valence-corrected chi connectivity index (χ0v) is 12.8. The monoisotopic (exact) mass is 340 g/mol. The van der Waals surface area contributed by atoms with Crippen molar-refractivity contribution in [2.45, 2.75) is 13.0 Å². The number of benzene rings is 2. The molecule has 2 aromatic carbocycles. The van der Waals surface area contributed by atoms with Crippen LogP contribution in [-0.2, 0) is 13.0 Å². The maximum atomic E-state index is 9.05. The summed E-state index contributed by atoms with van der Waals surface area (Å²) in [7, 11) is 0. The van der Waals surface area contributed by atoms with Crippen LogP contribution in [0, 0.1) is 11.3 Å². The lowest BCUT2D eigenvalue weighted by Gasteiger charge is -2.13. The van der Waals surface area contributed by atoms with Crippen LogP contribution < -0.4 is 5.73 Å². The first-order valence-corrected chi connectivity index (χ1v) is 7.36. The van der Waals surface area contributed by atoms with Crippen molar-refractivity contribution in [3.05, 3.63) is 58.3 Å². The summed E-state index contributed by atoms with van der Waals surface area (Å²) >= 11 is 3.47. The van der Waals surface area contributed by atoms with E-state index >= 15 is 0 Å². The molecule has 0 saturated carbocycles. The van der Waals surface area contributed by atoms with E-state index in [9.17, 15) is 0 Å². The summed E-state index contributed by atoms with van der Waals surface area (Å²) in [6.45, 7) is 0.424. The summed E-state index contributed by atoms with van der Waals surface area (Å²) in [5.74, 6) is 0.732. The minimum Gasteiger partial charge on any atom is -0.326 e. The van der Waals surface area contributed by atoms with Gasteiger partial charge in [-0.1, -0.05) is 28.1 Å². The molecule has 0 bridgehead atoms. The summed E-state index contributed by atoms with van der Waals surface area (Å²) in [4.78, 5) is 4.56. The van der Waals surface area contributed by atoms with Crippen LogP contribution in [0.2, 0.25) is 0 Å². The molecule has 0 aliphatic carbocycles. The van der Waals surface area contributed by atoms with E-state index < -0.39 is 0 Å². The van der Waals surface area contributed by atoms with E-state index in [-0.39, 0.29) is 6.42 Å². The number of fused-ring (bicyclic) bond motifs is 1. The lowest BCUT2D eigenvalue weighted by Crippen LogP contribution is -2.07. The summed E-state index contributed by atoms with van der Waals surface area (Å²) in [5.41, 5.74) is 9.72. The predicted octanol–water partition coefficient (Wildman–Crippen LogP) is 3.31. The Kier molecular flexibility index (Phi) is 3.74. The van der Waals surface area contributed by atoms with Crippen LogP contribution in [-0.4, -0.2) is 9.55 Å². The van der Waals surface area contributed by atoms with E-state index in [0.29, 0.717) is 6.54 Å². The molecule has 0 amide bonds. The highest BCUT2D eigenvalue weighted by atomic mass is 79.9. The third-order valence-electron chi connectivity index (χ3n) is 3.37. The van der Waals surface area contributed by atoms with Gasteiger partial charge in [-0.3, -0.25) is 4.57 Å². The Morgan fingerprint density at radius 2 is 2.05 bits per heavy atom. The van der Waals surface area contributed by atoms with Gasteiger partial charge in [-0.25, -0.2) is 4.98 Å². The standard InChI is InChI=1S/C16H13BrN4/c17-12-5-6-14(11(9-12)10-19)21-15-4-2-1-3-13(15)20-16(21)7-8-18/h1-6,9H,7,10,19H2. The molecule has 2 N–H and O–H groups in total. The molecule has 104 valence electrons. The van der Waals surface area contributed by atoms with Crippen molar-refractivity contribution >= 4 is 27.0 Å². The van der Waals surface area contributed by atoms with E-state index in [1.807, 2.05) is 47.0 Å². The van der Waals surface area contributed by atoms with E-state index in [2.05, 4.69) is 27.0 Å². The minimum absolute atomic E-state index is 0.259. The van der Waals surface area contributed by atoms with Gasteiger partial charge in [0.1, 0.15) is 5.82 Å². The highest BCUT2D eigenvalue weighted by Gasteiger charge is 2.14. The fourth-order valence-electron chi connectivity index (χ4n) is 2.47. The average Bonchev–Trinajstić information content (AvgIpc) is 2.85. The molecule has 3 aromatic rings. The Morgan fingerprint density at radius 1 is 1.24 bits per heavy atom. The van der Waals surface area contributed by atoms with Crippen LogP contribution in [0.15, 0.2) is 46.9 Å². The molecule has 5 heteroatoms. The molecule has 0 saturated heterocycles. The smallest absolute Gasteiger partial charge is 0.128 e. The summed E-state index contributed by atoms with van der Waals surface area (Å²) in [6, 6.07) is 16.0. The number of rotatable bonds is 3. The number of nitrogens with two attached hydrogens (primary N) is 1. The van der Waals surface area contributed by atoms with Crippen LogP contribution in [0.25, 0.3) is 16.7 Å². The zero-order chi connectivity index (χ0) is 14.8. The van der Waals surface area contributed by atoms with Crippen LogP contribution in [0.3, 0.4) is 0 Å². The van der Waals surface area contributed by atoms with Crippen molar-refractivity contribution in [1.29, 1.82) is 5.26 Å². The molecule has 4 nitrogen and oxygen atoms in total. The molecular weight excluding hydrogens is 328 g/mol. The molecule has 0 atom stereocenters. The molecule has 0 aliphatic rings. The lowest BCUT2D eigenvalue weighted by molar-refractivity contribution is 0.926. The van der Waals surface area contributed by atoms with Crippen molar-refractivity contribution in [3.63, 3.8) is 0 Å². The third-order valence-corrected chi connectivity index (χ3v) is 3.86. The van der Waals surface area contributed by atoms with Crippen LogP contribution >= 0.6 is 15.9 Å². The Bertz CT molecular complexity index is 845. The Labute approximate surface area is 131 Å². The molecule has 3 rings (SSSR count). The SMILES string of the molecule is N#CCc1nc2ccccc2n1-c1ccc(Br)cc1CN. The maximum absolute atomic E-state index is 9.05. The number of halogens is 1. The third kappa shape index (κ3) is 2.44. The van der Waals surface area contributed by atoms with E-state index in [0.717, 1.165) is 32.6 Å². The Hall–Kier alpha value is -2.16. The van der Waals surface area contributed by atoms with Gasteiger partial charge in [0, 0.05) is 11.0 Å². The van der Waals surface area contributed by atoms with Gasteiger partial charge in [-0.15, -0.1) is 0 Å². The maximum Gasteiger partial charge on any atom is 0.128 e. The van der Waals surface area contributed by atoms with Gasteiger partial charge < -0.3 is 5.73 Å². The van der Waals surface area contributed by atoms with Crippen molar-refractivity contribution in [2.24, 2.45) is 5.73 Å². The van der Waals surface area contributed by atoms with Gasteiger partial charge >= 0.3 is 0 Å². The van der Waals surface area contributed by atoms with Gasteiger partial charge in [0.2, 0.25) is 0 Å². The molecule has 1 aromatic heterocycles. The quantitative estimate of drug-likeness (QED) is 0.795. The van der Waals surface area contributed by atoms with Crippen molar-refractivity contribution < 1.29 is 0 Å². The lowest BCUT2D eigenvalue weighted by atomic mass is 10.1. The first-order valence-electron chi connectivity index (χ1n) is 6.56. The number of aromatic nitrogens is 2. The largest absolute Gasteiger partial charge is 0.326 e. The second-order valence-electron chi connectivity index (χ2n) is 4.66. The topological polar surface area (TPSA) is 67.6 Å². The molecule has 1 heterocycles. The number of hydrogen-bond donors (Lipinski definition) is 1. The Balaban J connectivity index is 2.33. The second kappa shape index (κ2) is 5.68. The first-order chi connectivity index (χ1) is 10.2. The predicted molar refractivity (Wildman–Crippen MR) is 86.0 cm³/mol. The molecule has 0 unspecified atom stereocenters. The molecule has 0 radical (unpaired) electrons. The number of hydrogen-bond acceptors (Lipinski definition) is 3. The number of imidazole rings is 1. The highest BCUT2D eigenvalue weighted by molar-refractivity contribution is 9.10. The minimum atomic E-state index is 0.259. The van der Waals surface area contributed by atoms with E-state index in [4.69, 9.17) is 11.0 Å². The van der Waals surface area contributed by atoms with Gasteiger partial charge in [-0.05, 0) is 35.9 Å². The van der Waals surface area contributed by atoms with Gasteiger partial charge in [0.15, 0.2) is 0 Å². The van der Waals surface area contributed by atoms with Crippen LogP contribution in [0.4, 0.5) is 0 Å². The van der Waals surface area contributed by atoms with Gasteiger partial charge in [0.05, 0.1) is 29.2 Å². The average molecular weight is 341 g/mol. The van der Waals surface area contributed by atoms with E-state index in [1.165, 1.54) is 0 Å². The van der Waals surface area contributed by atoms with Gasteiger partial charge in [0.25, 0.3) is 0 Å². The molecule has 0 fully saturated rings. The van der Waals surface area contributed by atoms with Crippen molar-refractivity contribution in [2.75, 3.05) is 0 Å². The Morgan fingerprint density at radius 3 is 2.81 bits per heavy atom. The number of para-hydroxylation sites is 2. The van der Waals surface area contributed by atoms with E-state index in [1.54, 1.807) is 0 Å².